The maximum Gasteiger partial charge on any atom is 0.128 e. The summed E-state index contributed by atoms with van der Waals surface area (Å²) < 4.78 is 5.26. The normalized spacial score (nSPS) is 10.3. The molecule has 84 valence electrons. The number of aliphatic hydroxyl groups excluding tert-OH is 1. The summed E-state index contributed by atoms with van der Waals surface area (Å²) in [5, 5.41) is 8.99. The zero-order chi connectivity index (χ0) is 11.1. The van der Waals surface area contributed by atoms with Gasteiger partial charge in [-0.2, -0.15) is 0 Å². The lowest BCUT2D eigenvalue weighted by Crippen LogP contribution is -2.23. The van der Waals surface area contributed by atoms with Crippen molar-refractivity contribution in [1.82, 2.24) is 4.98 Å². The number of nitrogens with zero attached hydrogens (tertiary/aromatic N) is 2. The number of hydrogen-bond donors (Lipinski definition) is 1. The molecule has 0 saturated carbocycles. The molecule has 0 atom stereocenters. The van der Waals surface area contributed by atoms with E-state index in [0.29, 0.717) is 6.61 Å². The first kappa shape index (κ1) is 11.9. The molecule has 0 spiro atoms. The van der Waals surface area contributed by atoms with Gasteiger partial charge in [-0.3, -0.25) is 0 Å². The molecule has 0 fully saturated rings. The van der Waals surface area contributed by atoms with Crippen molar-refractivity contribution < 1.29 is 9.84 Å². The molecule has 1 heterocycles. The highest BCUT2D eigenvalue weighted by Crippen LogP contribution is 2.10. The minimum absolute atomic E-state index is 0.0504. The Morgan fingerprint density at radius 1 is 1.53 bits per heavy atom. The lowest BCUT2D eigenvalue weighted by Gasteiger charge is -2.18. The van der Waals surface area contributed by atoms with Crippen LogP contribution >= 0.6 is 0 Å². The minimum atomic E-state index is 0.0504. The molecule has 4 nitrogen and oxygen atoms in total. The van der Waals surface area contributed by atoms with Crippen molar-refractivity contribution in [2.24, 2.45) is 0 Å². The molecule has 15 heavy (non-hydrogen) atoms. The second kappa shape index (κ2) is 6.37. The number of likely N-dealkylation sites (N-methyl/N-ethyl adjacent to an activating group) is 1. The lowest BCUT2D eigenvalue weighted by molar-refractivity contribution is 0.154. The predicted octanol–water partition coefficient (Wildman–Crippen LogP) is 1.05. The largest absolute Gasteiger partial charge is 0.392 e. The monoisotopic (exact) mass is 210 g/mol. The van der Waals surface area contributed by atoms with E-state index in [1.807, 2.05) is 24.9 Å². The molecule has 0 unspecified atom stereocenters. The zero-order valence-electron chi connectivity index (χ0n) is 9.31. The van der Waals surface area contributed by atoms with Crippen LogP contribution in [0.4, 0.5) is 5.82 Å². The van der Waals surface area contributed by atoms with Gasteiger partial charge in [0.2, 0.25) is 0 Å². The van der Waals surface area contributed by atoms with Gasteiger partial charge < -0.3 is 14.7 Å². The van der Waals surface area contributed by atoms with E-state index in [-0.39, 0.29) is 6.61 Å². The summed E-state index contributed by atoms with van der Waals surface area (Å²) in [6, 6.07) is 3.69. The number of anilines is 1. The van der Waals surface area contributed by atoms with E-state index in [2.05, 4.69) is 4.98 Å². The number of aliphatic hydroxyl groups is 1. The molecule has 0 radical (unpaired) electrons. The number of hydrogen-bond acceptors (Lipinski definition) is 4. The van der Waals surface area contributed by atoms with Gasteiger partial charge in [0.1, 0.15) is 5.82 Å². The molecule has 0 bridgehead atoms. The summed E-state index contributed by atoms with van der Waals surface area (Å²) in [4.78, 5) is 6.23. The average molecular weight is 210 g/mol. The van der Waals surface area contributed by atoms with Crippen LogP contribution in [0.15, 0.2) is 18.3 Å². The number of ether oxygens (including phenoxy) is 1. The summed E-state index contributed by atoms with van der Waals surface area (Å²) in [5.41, 5.74) is 0.878. The van der Waals surface area contributed by atoms with E-state index in [1.54, 1.807) is 12.3 Å². The first-order valence-electron chi connectivity index (χ1n) is 5.12. The van der Waals surface area contributed by atoms with E-state index >= 15 is 0 Å². The molecule has 0 saturated heterocycles. The van der Waals surface area contributed by atoms with Crippen molar-refractivity contribution in [1.29, 1.82) is 0 Å². The van der Waals surface area contributed by atoms with E-state index in [9.17, 15) is 0 Å². The van der Waals surface area contributed by atoms with Crippen LogP contribution in [0.3, 0.4) is 0 Å². The molecule has 0 aliphatic rings. The molecule has 1 rings (SSSR count). The Morgan fingerprint density at radius 3 is 3.00 bits per heavy atom. The van der Waals surface area contributed by atoms with Gasteiger partial charge in [-0.25, -0.2) is 4.98 Å². The topological polar surface area (TPSA) is 45.6 Å². The van der Waals surface area contributed by atoms with Crippen molar-refractivity contribution in [3.05, 3.63) is 23.9 Å². The smallest absolute Gasteiger partial charge is 0.128 e. The van der Waals surface area contributed by atoms with Gasteiger partial charge in [0.15, 0.2) is 0 Å². The van der Waals surface area contributed by atoms with E-state index in [0.717, 1.165) is 24.5 Å². The molecule has 0 amide bonds. The number of rotatable bonds is 6. The Hall–Kier alpha value is -1.13. The van der Waals surface area contributed by atoms with Crippen LogP contribution < -0.4 is 4.90 Å². The van der Waals surface area contributed by atoms with Crippen LogP contribution in [0.2, 0.25) is 0 Å². The third-order valence-electron chi connectivity index (χ3n) is 2.16. The first-order valence-corrected chi connectivity index (χ1v) is 5.12. The maximum absolute atomic E-state index is 8.99. The molecule has 0 aliphatic heterocycles. The van der Waals surface area contributed by atoms with Crippen molar-refractivity contribution >= 4 is 5.82 Å². The van der Waals surface area contributed by atoms with Crippen LogP contribution in [0.25, 0.3) is 0 Å². The fourth-order valence-electron chi connectivity index (χ4n) is 1.23. The molecule has 0 aliphatic carbocycles. The van der Waals surface area contributed by atoms with E-state index < -0.39 is 0 Å². The molecular formula is C11H18N2O2. The van der Waals surface area contributed by atoms with Crippen LogP contribution in [0.5, 0.6) is 0 Å². The second-order valence-corrected chi connectivity index (χ2v) is 3.30. The van der Waals surface area contributed by atoms with Crippen LogP contribution in [-0.4, -0.2) is 36.9 Å². The second-order valence-electron chi connectivity index (χ2n) is 3.30. The zero-order valence-corrected chi connectivity index (χ0v) is 9.31. The summed E-state index contributed by atoms with van der Waals surface area (Å²) in [6.45, 7) is 4.26. The number of pyridine rings is 1. The predicted molar refractivity (Wildman–Crippen MR) is 59.9 cm³/mol. The summed E-state index contributed by atoms with van der Waals surface area (Å²) in [7, 11) is 1.96. The molecule has 0 aromatic carbocycles. The fourth-order valence-corrected chi connectivity index (χ4v) is 1.23. The van der Waals surface area contributed by atoms with Crippen LogP contribution in [0, 0.1) is 0 Å². The highest BCUT2D eigenvalue weighted by molar-refractivity contribution is 5.39. The SMILES string of the molecule is CCOCCN(C)c1cc(CO)ccn1. The van der Waals surface area contributed by atoms with Crippen LogP contribution in [-0.2, 0) is 11.3 Å². The first-order chi connectivity index (χ1) is 7.27. The highest BCUT2D eigenvalue weighted by atomic mass is 16.5. The quantitative estimate of drug-likeness (QED) is 0.713. The van der Waals surface area contributed by atoms with Crippen molar-refractivity contribution in [3.8, 4) is 0 Å². The standard InChI is InChI=1S/C11H18N2O2/c1-3-15-7-6-13(2)11-8-10(9-14)4-5-12-11/h4-5,8,14H,3,6-7,9H2,1-2H3. The number of aromatic nitrogens is 1. The summed E-state index contributed by atoms with van der Waals surface area (Å²) >= 11 is 0. The molecule has 1 N–H and O–H groups in total. The molecule has 1 aromatic rings. The van der Waals surface area contributed by atoms with Crippen molar-refractivity contribution in [2.75, 3.05) is 31.7 Å². The third kappa shape index (κ3) is 3.85. The summed E-state index contributed by atoms with van der Waals surface area (Å²) in [6.07, 6.45) is 1.71. The average Bonchev–Trinajstić information content (AvgIpc) is 2.29. The van der Waals surface area contributed by atoms with Gasteiger partial charge in [-0.05, 0) is 24.6 Å². The third-order valence-corrected chi connectivity index (χ3v) is 2.16. The van der Waals surface area contributed by atoms with Gasteiger partial charge in [0.05, 0.1) is 13.2 Å². The maximum atomic E-state index is 8.99. The van der Waals surface area contributed by atoms with Gasteiger partial charge in [-0.1, -0.05) is 0 Å². The Kier molecular flexibility index (Phi) is 5.07. The Bertz CT molecular complexity index is 292. The minimum Gasteiger partial charge on any atom is -0.392 e. The van der Waals surface area contributed by atoms with E-state index in [1.165, 1.54) is 0 Å². The summed E-state index contributed by atoms with van der Waals surface area (Å²) in [5.74, 6) is 0.862. The fraction of sp³-hybridized carbons (Fsp3) is 0.545. The Labute approximate surface area is 90.5 Å². The van der Waals surface area contributed by atoms with Gasteiger partial charge >= 0.3 is 0 Å². The Balaban J connectivity index is 2.52. The van der Waals surface area contributed by atoms with Crippen molar-refractivity contribution in [2.45, 2.75) is 13.5 Å². The molecular weight excluding hydrogens is 192 g/mol. The Morgan fingerprint density at radius 2 is 2.33 bits per heavy atom. The lowest BCUT2D eigenvalue weighted by atomic mass is 10.3. The van der Waals surface area contributed by atoms with Crippen molar-refractivity contribution in [3.63, 3.8) is 0 Å². The highest BCUT2D eigenvalue weighted by Gasteiger charge is 2.02. The molecule has 4 heteroatoms. The van der Waals surface area contributed by atoms with E-state index in [4.69, 9.17) is 9.84 Å². The van der Waals surface area contributed by atoms with Gasteiger partial charge in [0.25, 0.3) is 0 Å². The van der Waals surface area contributed by atoms with Gasteiger partial charge in [0, 0.05) is 26.4 Å². The van der Waals surface area contributed by atoms with Crippen LogP contribution in [0.1, 0.15) is 12.5 Å². The molecule has 1 aromatic heterocycles. The van der Waals surface area contributed by atoms with Gasteiger partial charge in [-0.15, -0.1) is 0 Å².